The second-order valence-corrected chi connectivity index (χ2v) is 15.3. The Morgan fingerprint density at radius 2 is 1.49 bits per heavy atom. The molecule has 0 N–H and O–H groups in total. The van der Waals surface area contributed by atoms with Gasteiger partial charge < -0.3 is 40.1 Å². The number of carbonyl (C=O) groups excluding carboxylic acids is 2. The molecule has 0 bridgehead atoms. The average Bonchev–Trinajstić information content (AvgIpc) is 3.20. The van der Waals surface area contributed by atoms with Crippen LogP contribution in [-0.4, -0.2) is 74.3 Å². The van der Waals surface area contributed by atoms with Crippen molar-refractivity contribution in [3.8, 4) is 40.5 Å². The van der Waals surface area contributed by atoms with Gasteiger partial charge in [0.05, 0.1) is 18.6 Å². The molecule has 0 saturated heterocycles. The predicted molar refractivity (Wildman–Crippen MR) is 211 cm³/mol. The second-order valence-electron chi connectivity index (χ2n) is 13.4. The maximum atomic E-state index is 14.8. The van der Waals surface area contributed by atoms with Crippen molar-refractivity contribution in [1.82, 2.24) is 19.9 Å². The third-order valence-electron chi connectivity index (χ3n) is 8.05. The number of carbonyl (C=O) groups is 2. The molecule has 5 aromatic rings. The van der Waals surface area contributed by atoms with Gasteiger partial charge in [0, 0.05) is 43.5 Å². The molecule has 0 fully saturated rings. The van der Waals surface area contributed by atoms with E-state index in [0.29, 0.717) is 17.1 Å². The topological polar surface area (TPSA) is 188 Å². The van der Waals surface area contributed by atoms with E-state index in [2.05, 4.69) is 26.9 Å². The van der Waals surface area contributed by atoms with Crippen molar-refractivity contribution in [2.75, 3.05) is 38.0 Å². The van der Waals surface area contributed by atoms with Crippen LogP contribution in [0.25, 0.3) is 11.6 Å². The molecule has 0 aliphatic carbocycles. The number of rotatable bonds is 17. The normalized spacial score (nSPS) is 11.1. The Morgan fingerprint density at radius 3 is 2.15 bits per heavy atom. The summed E-state index contributed by atoms with van der Waals surface area (Å²) in [6.45, 7) is 9.95. The summed E-state index contributed by atoms with van der Waals surface area (Å²) in [5.41, 5.74) is 1.46. The van der Waals surface area contributed by atoms with Gasteiger partial charge in [-0.1, -0.05) is 57.2 Å². The van der Waals surface area contributed by atoms with Crippen molar-refractivity contribution >= 4 is 28.2 Å². The number of anilines is 1. The van der Waals surface area contributed by atoms with Crippen LogP contribution >= 0.6 is 0 Å². The molecule has 0 amide bonds. The van der Waals surface area contributed by atoms with Crippen LogP contribution in [0.1, 0.15) is 44.7 Å². The van der Waals surface area contributed by atoms with Crippen LogP contribution < -0.4 is 23.3 Å². The van der Waals surface area contributed by atoms with E-state index >= 15 is 0 Å². The molecule has 0 radical (unpaired) electrons. The number of ether oxygens (including phenoxy) is 7. The van der Waals surface area contributed by atoms with Crippen LogP contribution in [-0.2, 0) is 29.6 Å². The molecule has 59 heavy (non-hydrogen) atoms. The van der Waals surface area contributed by atoms with Gasteiger partial charge in [0.25, 0.3) is 15.9 Å². The van der Waals surface area contributed by atoms with Crippen molar-refractivity contribution in [2.24, 2.45) is 0 Å². The molecule has 0 aliphatic rings. The number of hydrogen-bond donors (Lipinski definition) is 0. The number of aromatic nitrogens is 4. The maximum Gasteiger partial charge on any atom is 0.513 e. The Morgan fingerprint density at radius 1 is 0.797 bits per heavy atom. The van der Waals surface area contributed by atoms with Crippen LogP contribution in [0.15, 0.2) is 96.2 Å². The van der Waals surface area contributed by atoms with E-state index in [0.717, 1.165) is 11.1 Å². The van der Waals surface area contributed by atoms with E-state index in [9.17, 15) is 18.0 Å². The fourth-order valence-corrected chi connectivity index (χ4v) is 6.36. The Labute approximate surface area is 367 Å². The molecule has 0 spiro atoms. The summed E-state index contributed by atoms with van der Waals surface area (Å²) < 4.78 is 69.2. The first-order valence-electron chi connectivity index (χ1n) is 18.1. The van der Waals surface area contributed by atoms with Gasteiger partial charge in [-0.2, -0.15) is 11.4 Å². The number of aryl methyl sites for hydroxylation is 1. The summed E-state index contributed by atoms with van der Waals surface area (Å²) >= 11 is 0. The summed E-state index contributed by atoms with van der Waals surface area (Å²) in [6, 6.07) is 21.2. The van der Waals surface area contributed by atoms with Crippen molar-refractivity contribution < 1.29 is 82.3 Å². The number of nitrogens with zero attached hydrogens (tertiary/aromatic N) is 5. The van der Waals surface area contributed by atoms with Crippen molar-refractivity contribution in [1.29, 1.82) is 0 Å². The van der Waals surface area contributed by atoms with Gasteiger partial charge in [-0.15, -0.1) is 0 Å². The minimum atomic E-state index is -4.65. The first-order chi connectivity index (χ1) is 27.8. The van der Waals surface area contributed by atoms with Gasteiger partial charge in [0.1, 0.15) is 19.0 Å². The number of benzene rings is 3. The summed E-state index contributed by atoms with van der Waals surface area (Å²) in [5, 5.41) is 0. The smallest absolute Gasteiger partial charge is 0.493 e. The third-order valence-corrected chi connectivity index (χ3v) is 9.78. The number of methoxy groups -OCH3 is 1. The Kier molecular flexibility index (Phi) is 16.9. The Hall–Kier alpha value is -5.44. The molecule has 5 rings (SSSR count). The molecule has 0 unspecified atom stereocenters. The SMILES string of the molecule is [CH2-]CCCOC(=O)OCN(c1nc(-c2ncccn2)nc(OCCOC(=O)Oc2cccc(C)c2)c1Oc1ccccc1OC)S(=O)(=O)c1ccc(C(C)(C)C)cc1.[U]. The molecule has 2 heterocycles. The number of hydrogen-bond acceptors (Lipinski definition) is 15. The molecule has 2 aromatic heterocycles. The first kappa shape index (κ1) is 46.3. The zero-order valence-corrected chi connectivity index (χ0v) is 38.2. The summed E-state index contributed by atoms with van der Waals surface area (Å²) in [4.78, 5) is 42.7. The minimum absolute atomic E-state index is 0. The summed E-state index contributed by atoms with van der Waals surface area (Å²) in [5.74, 6) is -0.672. The van der Waals surface area contributed by atoms with E-state index < -0.39 is 34.9 Å². The monoisotopic (exact) mass is 1050 g/mol. The van der Waals surface area contributed by atoms with E-state index in [1.54, 1.807) is 60.7 Å². The number of sulfonamides is 1. The van der Waals surface area contributed by atoms with Crippen LogP contribution in [0.4, 0.5) is 15.4 Å². The molecule has 310 valence electrons. The number of unbranched alkanes of at least 4 members (excludes halogenated alkanes) is 1. The molecule has 3 aromatic carbocycles. The van der Waals surface area contributed by atoms with E-state index in [1.165, 1.54) is 31.6 Å². The van der Waals surface area contributed by atoms with Crippen LogP contribution in [0.5, 0.6) is 28.9 Å². The predicted octanol–water partition coefficient (Wildman–Crippen LogP) is 7.86. The first-order valence-corrected chi connectivity index (χ1v) is 19.5. The summed E-state index contributed by atoms with van der Waals surface area (Å²) in [7, 11) is -3.22. The Balaban J connectivity index is 0.00000769. The third kappa shape index (κ3) is 12.8. The van der Waals surface area contributed by atoms with Gasteiger partial charge in [0.15, 0.2) is 29.9 Å². The van der Waals surface area contributed by atoms with E-state index in [-0.39, 0.29) is 102 Å². The van der Waals surface area contributed by atoms with Gasteiger partial charge in [-0.05, 0) is 72.4 Å². The minimum Gasteiger partial charge on any atom is -0.493 e. The van der Waals surface area contributed by atoms with Crippen LogP contribution in [0.3, 0.4) is 0 Å². The summed E-state index contributed by atoms with van der Waals surface area (Å²) in [6.07, 6.45) is 1.69. The zero-order chi connectivity index (χ0) is 41.7. The largest absolute Gasteiger partial charge is 0.513 e. The average molecular weight is 1050 g/mol. The van der Waals surface area contributed by atoms with Crippen molar-refractivity contribution in [3.05, 3.63) is 109 Å². The molecular weight excluding hydrogens is 1010 g/mol. The zero-order valence-electron chi connectivity index (χ0n) is 33.2. The molecular formula is C41H44N5O11SU-. The second kappa shape index (κ2) is 21.5. The van der Waals surface area contributed by atoms with Crippen LogP contribution in [0.2, 0.25) is 0 Å². The number of para-hydroxylation sites is 2. The maximum absolute atomic E-state index is 14.8. The van der Waals surface area contributed by atoms with E-state index in [1.807, 2.05) is 33.8 Å². The van der Waals surface area contributed by atoms with Crippen LogP contribution in [0, 0.1) is 45.0 Å². The molecule has 0 saturated carbocycles. The molecule has 0 atom stereocenters. The fraction of sp³-hybridized carbons (Fsp3) is 0.293. The Bertz CT molecular complexity index is 2280. The molecule has 16 nitrogen and oxygen atoms in total. The van der Waals surface area contributed by atoms with Crippen molar-refractivity contribution in [2.45, 2.75) is 50.8 Å². The fourth-order valence-electron chi connectivity index (χ4n) is 5.08. The van der Waals surface area contributed by atoms with Gasteiger partial charge in [-0.3, -0.25) is 0 Å². The van der Waals surface area contributed by atoms with Gasteiger partial charge >= 0.3 is 12.3 Å². The molecule has 18 heteroatoms. The quantitative estimate of drug-likeness (QED) is 0.0288. The van der Waals surface area contributed by atoms with Crippen molar-refractivity contribution in [3.63, 3.8) is 0 Å². The van der Waals surface area contributed by atoms with Gasteiger partial charge in [-0.25, -0.2) is 37.3 Å². The van der Waals surface area contributed by atoms with Gasteiger partial charge in [0.2, 0.25) is 11.6 Å². The van der Waals surface area contributed by atoms with E-state index in [4.69, 9.17) is 33.2 Å². The standard InChI is InChI=1S/C41H44N5O11S.U/c1-7-8-23-53-39(47)55-27-46(58(49,50)31-19-17-29(18-20-31)41(3,4)5)37-34(57-33-16-10-9-15-32(33)51-6)38(45-36(44-37)35-42-21-12-22-43-35)52-24-25-54-40(48)56-30-14-11-13-28(2)26-30;/h9-22,26H,1,7-8,23-25,27H2,2-6H3;/q-1;. The molecule has 0 aliphatic heterocycles.